The Kier molecular flexibility index (Phi) is 6.78. The zero-order valence-corrected chi connectivity index (χ0v) is 16.0. The van der Waals surface area contributed by atoms with E-state index in [1.807, 2.05) is 21.9 Å². The summed E-state index contributed by atoms with van der Waals surface area (Å²) in [5.41, 5.74) is 0.709. The Balaban J connectivity index is 1.43. The molecule has 1 aromatic rings. The quantitative estimate of drug-likeness (QED) is 0.849. The Labute approximate surface area is 160 Å². The summed E-state index contributed by atoms with van der Waals surface area (Å²) in [5.74, 6) is 0.690. The zero-order valence-electron chi connectivity index (χ0n) is 15.3. The van der Waals surface area contributed by atoms with Crippen LogP contribution in [0.25, 0.3) is 0 Å². The van der Waals surface area contributed by atoms with Crippen LogP contribution in [0.1, 0.15) is 44.9 Å². The molecule has 0 aliphatic carbocycles. The highest BCUT2D eigenvalue weighted by Gasteiger charge is 2.26. The minimum Gasteiger partial charge on any atom is -0.343 e. The number of piperidine rings is 1. The molecule has 0 radical (unpaired) electrons. The molecule has 26 heavy (non-hydrogen) atoms. The molecule has 0 spiro atoms. The van der Waals surface area contributed by atoms with E-state index in [0.717, 1.165) is 38.8 Å². The van der Waals surface area contributed by atoms with Crippen LogP contribution >= 0.6 is 11.6 Å². The summed E-state index contributed by atoms with van der Waals surface area (Å²) in [6.45, 7) is 3.23. The lowest BCUT2D eigenvalue weighted by Crippen LogP contribution is -2.42. The fourth-order valence-corrected chi connectivity index (χ4v) is 4.00. The predicted molar refractivity (Wildman–Crippen MR) is 104 cm³/mol. The second kappa shape index (κ2) is 9.26. The van der Waals surface area contributed by atoms with Crippen molar-refractivity contribution >= 4 is 29.2 Å². The maximum Gasteiger partial charge on any atom is 0.321 e. The molecule has 0 aromatic heterocycles. The highest BCUT2D eigenvalue weighted by molar-refractivity contribution is 6.30. The van der Waals surface area contributed by atoms with E-state index in [0.29, 0.717) is 42.0 Å². The van der Waals surface area contributed by atoms with Crippen LogP contribution < -0.4 is 5.32 Å². The maximum atomic E-state index is 12.5. The minimum atomic E-state index is -0.0930. The summed E-state index contributed by atoms with van der Waals surface area (Å²) in [6.07, 6.45) is 7.16. The van der Waals surface area contributed by atoms with E-state index < -0.39 is 0 Å². The van der Waals surface area contributed by atoms with E-state index in [-0.39, 0.29) is 6.03 Å². The Morgan fingerprint density at radius 3 is 2.35 bits per heavy atom. The summed E-state index contributed by atoms with van der Waals surface area (Å²) >= 11 is 5.96. The molecule has 0 bridgehead atoms. The molecule has 2 aliphatic rings. The largest absolute Gasteiger partial charge is 0.343 e. The van der Waals surface area contributed by atoms with Gasteiger partial charge >= 0.3 is 6.03 Å². The number of carbonyl (C=O) groups is 2. The fraction of sp³-hybridized carbons (Fsp3) is 0.600. The van der Waals surface area contributed by atoms with E-state index in [2.05, 4.69) is 5.32 Å². The average Bonchev–Trinajstić information content (AvgIpc) is 2.92. The first kappa shape index (κ1) is 19.0. The van der Waals surface area contributed by atoms with Gasteiger partial charge in [-0.3, -0.25) is 4.79 Å². The summed E-state index contributed by atoms with van der Waals surface area (Å²) in [7, 11) is 0. The van der Waals surface area contributed by atoms with Crippen molar-refractivity contribution < 1.29 is 9.59 Å². The van der Waals surface area contributed by atoms with Gasteiger partial charge in [-0.2, -0.15) is 0 Å². The Morgan fingerprint density at radius 1 is 1.00 bits per heavy atom. The smallest absolute Gasteiger partial charge is 0.321 e. The van der Waals surface area contributed by atoms with Gasteiger partial charge in [-0.15, -0.1) is 0 Å². The summed E-state index contributed by atoms with van der Waals surface area (Å²) < 4.78 is 0. The Bertz CT molecular complexity index is 621. The first-order chi connectivity index (χ1) is 12.6. The maximum absolute atomic E-state index is 12.5. The van der Waals surface area contributed by atoms with Crippen LogP contribution in [0.4, 0.5) is 10.5 Å². The van der Waals surface area contributed by atoms with E-state index >= 15 is 0 Å². The van der Waals surface area contributed by atoms with Crippen molar-refractivity contribution in [3.63, 3.8) is 0 Å². The molecule has 2 aliphatic heterocycles. The first-order valence-corrected chi connectivity index (χ1v) is 10.1. The van der Waals surface area contributed by atoms with E-state index in [9.17, 15) is 9.59 Å². The lowest BCUT2D eigenvalue weighted by molar-refractivity contribution is -0.132. The molecule has 2 saturated heterocycles. The van der Waals surface area contributed by atoms with Gasteiger partial charge in [0, 0.05) is 43.3 Å². The van der Waals surface area contributed by atoms with Gasteiger partial charge in [-0.05, 0) is 49.8 Å². The van der Waals surface area contributed by atoms with Gasteiger partial charge < -0.3 is 15.1 Å². The van der Waals surface area contributed by atoms with Crippen LogP contribution in [0.5, 0.6) is 0 Å². The number of nitrogens with zero attached hydrogens (tertiary/aromatic N) is 2. The molecule has 3 amide bonds. The summed E-state index contributed by atoms with van der Waals surface area (Å²) in [6, 6.07) is 7.08. The number of hydrogen-bond donors (Lipinski definition) is 1. The number of halogens is 1. The van der Waals surface area contributed by atoms with Crippen molar-refractivity contribution in [2.24, 2.45) is 5.92 Å². The number of amides is 3. The molecule has 1 N–H and O–H groups in total. The van der Waals surface area contributed by atoms with Crippen LogP contribution in [0.15, 0.2) is 24.3 Å². The van der Waals surface area contributed by atoms with E-state index in [1.165, 1.54) is 12.8 Å². The highest BCUT2D eigenvalue weighted by atomic mass is 35.5. The lowest BCUT2D eigenvalue weighted by Gasteiger charge is -2.32. The number of carbonyl (C=O) groups excluding carboxylic acids is 2. The van der Waals surface area contributed by atoms with E-state index in [4.69, 9.17) is 11.6 Å². The molecule has 0 saturated carbocycles. The molecule has 5 nitrogen and oxygen atoms in total. The van der Waals surface area contributed by atoms with Crippen LogP contribution in [0, 0.1) is 5.92 Å². The molecular weight excluding hydrogens is 350 g/mol. The van der Waals surface area contributed by atoms with Gasteiger partial charge in [0.1, 0.15) is 0 Å². The summed E-state index contributed by atoms with van der Waals surface area (Å²) in [4.78, 5) is 28.8. The van der Waals surface area contributed by atoms with Gasteiger partial charge in [-0.1, -0.05) is 30.5 Å². The molecular formula is C20H28ClN3O2. The Morgan fingerprint density at radius 2 is 1.69 bits per heavy atom. The topological polar surface area (TPSA) is 52.7 Å². The molecule has 142 valence electrons. The van der Waals surface area contributed by atoms with Gasteiger partial charge in [0.25, 0.3) is 0 Å². The number of benzene rings is 1. The normalized spacial score (nSPS) is 19.1. The lowest BCUT2D eigenvalue weighted by atomic mass is 9.93. The van der Waals surface area contributed by atoms with Crippen LogP contribution in [-0.4, -0.2) is 47.9 Å². The third-order valence-electron chi connectivity index (χ3n) is 5.40. The van der Waals surface area contributed by atoms with Gasteiger partial charge in [-0.25, -0.2) is 4.79 Å². The monoisotopic (exact) mass is 377 g/mol. The standard InChI is InChI=1S/C20H28ClN3O2/c21-17-6-5-7-18(15-17)22-20(26)24-12-8-16(9-13-24)14-19(25)23-10-3-1-2-4-11-23/h5-7,15-16H,1-4,8-14H2,(H,22,26). The molecule has 6 heteroatoms. The van der Waals surface area contributed by atoms with Crippen molar-refractivity contribution in [2.45, 2.75) is 44.9 Å². The molecule has 2 heterocycles. The Hall–Kier alpha value is -1.75. The van der Waals surface area contributed by atoms with Crippen molar-refractivity contribution in [1.82, 2.24) is 9.80 Å². The molecule has 3 rings (SSSR count). The number of urea groups is 1. The summed E-state index contributed by atoms with van der Waals surface area (Å²) in [5, 5.41) is 3.50. The third kappa shape index (κ3) is 5.37. The zero-order chi connectivity index (χ0) is 18.4. The first-order valence-electron chi connectivity index (χ1n) is 9.71. The number of nitrogens with one attached hydrogen (secondary N) is 1. The van der Waals surface area contributed by atoms with Crippen LogP contribution in [-0.2, 0) is 4.79 Å². The van der Waals surface area contributed by atoms with Gasteiger partial charge in [0.2, 0.25) is 5.91 Å². The van der Waals surface area contributed by atoms with Crippen molar-refractivity contribution in [1.29, 1.82) is 0 Å². The van der Waals surface area contributed by atoms with Gasteiger partial charge in [0.15, 0.2) is 0 Å². The van der Waals surface area contributed by atoms with E-state index in [1.54, 1.807) is 12.1 Å². The molecule has 1 aromatic carbocycles. The average molecular weight is 378 g/mol. The SMILES string of the molecule is O=C(CC1CCN(C(=O)Nc2cccc(Cl)c2)CC1)N1CCCCCC1. The fourth-order valence-electron chi connectivity index (χ4n) is 3.81. The predicted octanol–water partition coefficient (Wildman–Crippen LogP) is 4.38. The minimum absolute atomic E-state index is 0.0930. The number of likely N-dealkylation sites (tertiary alicyclic amines) is 2. The second-order valence-corrected chi connectivity index (χ2v) is 7.81. The second-order valence-electron chi connectivity index (χ2n) is 7.37. The highest BCUT2D eigenvalue weighted by Crippen LogP contribution is 2.23. The number of rotatable bonds is 3. The van der Waals surface area contributed by atoms with Crippen molar-refractivity contribution in [3.8, 4) is 0 Å². The van der Waals surface area contributed by atoms with Crippen molar-refractivity contribution in [2.75, 3.05) is 31.5 Å². The van der Waals surface area contributed by atoms with Crippen LogP contribution in [0.2, 0.25) is 5.02 Å². The number of anilines is 1. The molecule has 0 atom stereocenters. The molecule has 2 fully saturated rings. The third-order valence-corrected chi connectivity index (χ3v) is 5.63. The number of hydrogen-bond acceptors (Lipinski definition) is 2. The van der Waals surface area contributed by atoms with Crippen molar-refractivity contribution in [3.05, 3.63) is 29.3 Å². The molecule has 0 unspecified atom stereocenters. The van der Waals surface area contributed by atoms with Crippen LogP contribution in [0.3, 0.4) is 0 Å². The van der Waals surface area contributed by atoms with Gasteiger partial charge in [0.05, 0.1) is 0 Å².